The van der Waals surface area contributed by atoms with Crippen LogP contribution in [0.4, 0.5) is 0 Å². The van der Waals surface area contributed by atoms with E-state index < -0.39 is 12.0 Å². The Labute approximate surface area is 94.0 Å². The van der Waals surface area contributed by atoms with Gasteiger partial charge in [-0.05, 0) is 5.92 Å². The lowest BCUT2D eigenvalue weighted by Gasteiger charge is -2.29. The number of nitrogens with zero attached hydrogens (tertiary/aromatic N) is 1. The van der Waals surface area contributed by atoms with Gasteiger partial charge in [0.1, 0.15) is 6.04 Å². The van der Waals surface area contributed by atoms with Crippen LogP contribution < -0.4 is 0 Å². The Bertz CT molecular complexity index is 269. The number of thioether (sulfide) groups is 1. The molecule has 4 nitrogen and oxygen atoms in total. The Hall–Kier alpha value is -0.710. The molecule has 86 valence electrons. The lowest BCUT2D eigenvalue weighted by molar-refractivity contribution is -0.148. The molecule has 0 radical (unpaired) electrons. The van der Waals surface area contributed by atoms with Crippen molar-refractivity contribution in [2.75, 3.05) is 5.75 Å². The summed E-state index contributed by atoms with van der Waals surface area (Å²) in [4.78, 5) is 23.9. The van der Waals surface area contributed by atoms with Crippen LogP contribution in [0, 0.1) is 5.92 Å². The van der Waals surface area contributed by atoms with Gasteiger partial charge >= 0.3 is 5.97 Å². The summed E-state index contributed by atoms with van der Waals surface area (Å²) in [6.07, 6.45) is 0.952. The summed E-state index contributed by atoms with van der Waals surface area (Å²) in [5.74, 6) is -0.200. The molecule has 1 saturated heterocycles. The first kappa shape index (κ1) is 12.4. The highest BCUT2D eigenvalue weighted by Gasteiger charge is 2.41. The van der Waals surface area contributed by atoms with Gasteiger partial charge < -0.3 is 10.0 Å². The van der Waals surface area contributed by atoms with E-state index in [1.807, 2.05) is 0 Å². The van der Waals surface area contributed by atoms with E-state index in [0.717, 1.165) is 6.42 Å². The van der Waals surface area contributed by atoms with Crippen LogP contribution in [0.5, 0.6) is 0 Å². The van der Waals surface area contributed by atoms with Crippen molar-refractivity contribution in [2.45, 2.75) is 38.6 Å². The van der Waals surface area contributed by atoms with Gasteiger partial charge in [-0.25, -0.2) is 4.79 Å². The summed E-state index contributed by atoms with van der Waals surface area (Å²) in [6, 6.07) is -0.647. The van der Waals surface area contributed by atoms with Gasteiger partial charge in [0, 0.05) is 12.7 Å². The molecule has 0 bridgehead atoms. The van der Waals surface area contributed by atoms with E-state index in [4.69, 9.17) is 5.11 Å². The number of rotatable bonds is 3. The molecule has 0 spiro atoms. The van der Waals surface area contributed by atoms with Gasteiger partial charge in [-0.2, -0.15) is 0 Å². The van der Waals surface area contributed by atoms with Crippen LogP contribution in [-0.2, 0) is 9.59 Å². The Morgan fingerprint density at radius 2 is 2.20 bits per heavy atom. The molecular weight excluding hydrogens is 214 g/mol. The summed E-state index contributed by atoms with van der Waals surface area (Å²) >= 11 is 1.57. The van der Waals surface area contributed by atoms with Crippen molar-refractivity contribution >= 4 is 23.6 Å². The standard InChI is InChI=1S/C10H17NO3S/c1-4-6(2)9-11(7(3)12)8(5-15-9)10(13)14/h6,8-9H,4-5H2,1-3H3,(H,13,14). The van der Waals surface area contributed by atoms with Crippen LogP contribution in [0.1, 0.15) is 27.2 Å². The Kier molecular flexibility index (Phi) is 4.02. The zero-order valence-electron chi connectivity index (χ0n) is 9.27. The lowest BCUT2D eigenvalue weighted by atomic mass is 10.1. The minimum absolute atomic E-state index is 0.0219. The maximum Gasteiger partial charge on any atom is 0.327 e. The van der Waals surface area contributed by atoms with Crippen molar-refractivity contribution in [3.05, 3.63) is 0 Å². The summed E-state index contributed by atoms with van der Waals surface area (Å²) in [6.45, 7) is 5.55. The highest BCUT2D eigenvalue weighted by Crippen LogP contribution is 2.35. The van der Waals surface area contributed by atoms with Crippen LogP contribution in [0.3, 0.4) is 0 Å². The lowest BCUT2D eigenvalue weighted by Crippen LogP contribution is -2.46. The molecule has 0 aromatic carbocycles. The number of carboxylic acids is 1. The smallest absolute Gasteiger partial charge is 0.327 e. The quantitative estimate of drug-likeness (QED) is 0.798. The maximum absolute atomic E-state index is 11.4. The predicted molar refractivity (Wildman–Crippen MR) is 59.6 cm³/mol. The molecule has 1 N–H and O–H groups in total. The second-order valence-corrected chi connectivity index (χ2v) is 5.04. The van der Waals surface area contributed by atoms with E-state index in [-0.39, 0.29) is 11.3 Å². The fraction of sp³-hybridized carbons (Fsp3) is 0.800. The molecule has 1 heterocycles. The minimum Gasteiger partial charge on any atom is -0.480 e. The van der Waals surface area contributed by atoms with Crippen molar-refractivity contribution in [2.24, 2.45) is 5.92 Å². The third-order valence-corrected chi connectivity index (χ3v) is 4.36. The number of carbonyl (C=O) groups excluding carboxylic acids is 1. The molecule has 3 unspecified atom stereocenters. The average Bonchev–Trinajstić information content (AvgIpc) is 2.60. The van der Waals surface area contributed by atoms with Gasteiger partial charge in [-0.3, -0.25) is 4.79 Å². The molecule has 0 aromatic heterocycles. The second kappa shape index (κ2) is 4.88. The zero-order valence-corrected chi connectivity index (χ0v) is 10.1. The van der Waals surface area contributed by atoms with E-state index in [2.05, 4.69) is 13.8 Å². The molecule has 5 heteroatoms. The summed E-state index contributed by atoms with van der Waals surface area (Å²) < 4.78 is 0. The number of hydrogen-bond donors (Lipinski definition) is 1. The van der Waals surface area contributed by atoms with Crippen LogP contribution >= 0.6 is 11.8 Å². The first-order valence-corrected chi connectivity index (χ1v) is 6.17. The normalized spacial score (nSPS) is 27.8. The fourth-order valence-electron chi connectivity index (χ4n) is 1.76. The minimum atomic E-state index is -0.900. The predicted octanol–water partition coefficient (Wildman–Crippen LogP) is 1.41. The van der Waals surface area contributed by atoms with Gasteiger partial charge in [-0.15, -0.1) is 11.8 Å². The molecule has 1 fully saturated rings. The molecule has 1 amide bonds. The third-order valence-electron chi connectivity index (χ3n) is 2.81. The van der Waals surface area contributed by atoms with Crippen molar-refractivity contribution in [1.82, 2.24) is 4.90 Å². The first-order chi connectivity index (χ1) is 6.99. The molecule has 15 heavy (non-hydrogen) atoms. The Balaban J connectivity index is 2.84. The fourth-order valence-corrected chi connectivity index (χ4v) is 3.42. The van der Waals surface area contributed by atoms with Gasteiger partial charge in [0.25, 0.3) is 0 Å². The summed E-state index contributed by atoms with van der Waals surface area (Å²) in [5.41, 5.74) is 0. The molecule has 0 aromatic rings. The monoisotopic (exact) mass is 231 g/mol. The van der Waals surface area contributed by atoms with Gasteiger partial charge in [0.2, 0.25) is 5.91 Å². The average molecular weight is 231 g/mol. The van der Waals surface area contributed by atoms with Crippen molar-refractivity contribution in [1.29, 1.82) is 0 Å². The summed E-state index contributed by atoms with van der Waals surface area (Å²) in [7, 11) is 0. The maximum atomic E-state index is 11.4. The molecule has 3 atom stereocenters. The van der Waals surface area contributed by atoms with Crippen molar-refractivity contribution in [3.8, 4) is 0 Å². The van der Waals surface area contributed by atoms with E-state index in [1.54, 1.807) is 11.8 Å². The number of amides is 1. The molecule has 1 rings (SSSR count). The van der Waals surface area contributed by atoms with Crippen molar-refractivity contribution in [3.63, 3.8) is 0 Å². The van der Waals surface area contributed by atoms with Crippen LogP contribution in [0.15, 0.2) is 0 Å². The molecule has 1 aliphatic heterocycles. The Morgan fingerprint density at radius 1 is 1.60 bits per heavy atom. The van der Waals surface area contributed by atoms with E-state index in [1.165, 1.54) is 11.8 Å². The Morgan fingerprint density at radius 3 is 2.60 bits per heavy atom. The number of carboxylic acid groups (broad SMARTS) is 1. The number of carbonyl (C=O) groups is 2. The van der Waals surface area contributed by atoms with Gasteiger partial charge in [-0.1, -0.05) is 20.3 Å². The topological polar surface area (TPSA) is 57.6 Å². The first-order valence-electron chi connectivity index (χ1n) is 5.12. The van der Waals surface area contributed by atoms with E-state index >= 15 is 0 Å². The van der Waals surface area contributed by atoms with E-state index in [9.17, 15) is 9.59 Å². The van der Waals surface area contributed by atoms with E-state index in [0.29, 0.717) is 11.7 Å². The van der Waals surface area contributed by atoms with Gasteiger partial charge in [0.15, 0.2) is 0 Å². The van der Waals surface area contributed by atoms with Gasteiger partial charge in [0.05, 0.1) is 5.37 Å². The molecule has 0 saturated carbocycles. The molecule has 1 aliphatic rings. The number of aliphatic carboxylic acids is 1. The largest absolute Gasteiger partial charge is 0.480 e. The van der Waals surface area contributed by atoms with Crippen LogP contribution in [-0.4, -0.2) is 39.1 Å². The third kappa shape index (κ3) is 2.45. The second-order valence-electron chi connectivity index (χ2n) is 3.89. The number of hydrogen-bond acceptors (Lipinski definition) is 3. The highest BCUT2D eigenvalue weighted by atomic mass is 32.2. The van der Waals surface area contributed by atoms with Crippen LogP contribution in [0.25, 0.3) is 0 Å². The summed E-state index contributed by atoms with van der Waals surface area (Å²) in [5, 5.41) is 9.02. The SMILES string of the molecule is CCC(C)C1SCC(C(=O)O)N1C(C)=O. The molecule has 0 aliphatic carbocycles. The van der Waals surface area contributed by atoms with Crippen molar-refractivity contribution < 1.29 is 14.7 Å². The molecular formula is C10H17NO3S. The highest BCUT2D eigenvalue weighted by molar-refractivity contribution is 8.00. The van der Waals surface area contributed by atoms with Crippen LogP contribution in [0.2, 0.25) is 0 Å². The zero-order chi connectivity index (χ0) is 11.6.